The molecule has 2 aromatic carbocycles. The van der Waals surface area contributed by atoms with Crippen LogP contribution < -0.4 is 10.2 Å². The number of benzene rings is 2. The molecule has 1 aliphatic rings. The lowest BCUT2D eigenvalue weighted by Crippen LogP contribution is -2.44. The molecular formula is C19H17N3O3S. The standard InChI is InChI=1S/C19H17N3O3S/c23-18(12-9-14-7-10-16(11-8-14)22(24)25)20-19(26)21-13-3-5-15-4-1-2-6-17(15)21/h1-2,4,6-12H,3,5,13H2,(H,20,23,26)/b12-9+. The second-order valence-electron chi connectivity index (χ2n) is 5.86. The van der Waals surface area contributed by atoms with Crippen molar-refractivity contribution < 1.29 is 9.72 Å². The largest absolute Gasteiger partial charge is 0.318 e. The third-order valence-corrected chi connectivity index (χ3v) is 4.44. The fraction of sp³-hybridized carbons (Fsp3) is 0.158. The van der Waals surface area contributed by atoms with E-state index in [-0.39, 0.29) is 11.6 Å². The van der Waals surface area contributed by atoms with Crippen LogP contribution in [-0.2, 0) is 11.2 Å². The van der Waals surface area contributed by atoms with Gasteiger partial charge in [-0.25, -0.2) is 0 Å². The van der Waals surface area contributed by atoms with E-state index in [4.69, 9.17) is 12.2 Å². The Kier molecular flexibility index (Phi) is 5.38. The van der Waals surface area contributed by atoms with Crippen LogP contribution in [0.1, 0.15) is 17.5 Å². The van der Waals surface area contributed by atoms with Crippen LogP contribution in [0.4, 0.5) is 11.4 Å². The second kappa shape index (κ2) is 7.88. The number of nitro groups is 1. The molecule has 0 saturated heterocycles. The maximum atomic E-state index is 12.1. The summed E-state index contributed by atoms with van der Waals surface area (Å²) >= 11 is 5.39. The molecule has 3 rings (SSSR count). The lowest BCUT2D eigenvalue weighted by molar-refractivity contribution is -0.384. The molecule has 0 spiro atoms. The molecule has 6 nitrogen and oxygen atoms in total. The van der Waals surface area contributed by atoms with E-state index in [1.165, 1.54) is 23.8 Å². The molecule has 26 heavy (non-hydrogen) atoms. The summed E-state index contributed by atoms with van der Waals surface area (Å²) < 4.78 is 0. The molecule has 1 amide bonds. The van der Waals surface area contributed by atoms with Crippen molar-refractivity contribution in [2.45, 2.75) is 12.8 Å². The van der Waals surface area contributed by atoms with Gasteiger partial charge in [-0.2, -0.15) is 0 Å². The summed E-state index contributed by atoms with van der Waals surface area (Å²) in [4.78, 5) is 24.3. The van der Waals surface area contributed by atoms with Crippen LogP contribution >= 0.6 is 12.2 Å². The zero-order chi connectivity index (χ0) is 18.5. The highest BCUT2D eigenvalue weighted by atomic mass is 32.1. The number of nitrogens with zero attached hydrogens (tertiary/aromatic N) is 2. The van der Waals surface area contributed by atoms with Crippen molar-refractivity contribution in [3.63, 3.8) is 0 Å². The number of non-ortho nitro benzene ring substituents is 1. The van der Waals surface area contributed by atoms with Gasteiger partial charge in [0.1, 0.15) is 0 Å². The Morgan fingerprint density at radius 3 is 2.65 bits per heavy atom. The minimum Gasteiger partial charge on any atom is -0.318 e. The van der Waals surface area contributed by atoms with Gasteiger partial charge in [-0.3, -0.25) is 20.2 Å². The Morgan fingerprint density at radius 2 is 1.92 bits per heavy atom. The number of anilines is 1. The summed E-state index contributed by atoms with van der Waals surface area (Å²) in [5.41, 5.74) is 2.96. The van der Waals surface area contributed by atoms with Crippen molar-refractivity contribution in [1.82, 2.24) is 5.32 Å². The summed E-state index contributed by atoms with van der Waals surface area (Å²) in [7, 11) is 0. The quantitative estimate of drug-likeness (QED) is 0.389. The molecule has 0 atom stereocenters. The van der Waals surface area contributed by atoms with Gasteiger partial charge in [0.15, 0.2) is 5.11 Å². The Hall–Kier alpha value is -3.06. The summed E-state index contributed by atoms with van der Waals surface area (Å²) in [6.07, 6.45) is 4.93. The van der Waals surface area contributed by atoms with Crippen molar-refractivity contribution in [3.05, 3.63) is 75.8 Å². The van der Waals surface area contributed by atoms with E-state index in [1.54, 1.807) is 18.2 Å². The van der Waals surface area contributed by atoms with Gasteiger partial charge in [-0.15, -0.1) is 0 Å². The van der Waals surface area contributed by atoms with Gasteiger partial charge in [-0.1, -0.05) is 18.2 Å². The molecule has 7 heteroatoms. The van der Waals surface area contributed by atoms with Gasteiger partial charge < -0.3 is 4.90 Å². The molecule has 0 aromatic heterocycles. The number of hydrogen-bond donors (Lipinski definition) is 1. The minimum atomic E-state index is -0.463. The van der Waals surface area contributed by atoms with Crippen LogP contribution in [-0.4, -0.2) is 22.5 Å². The predicted octanol–water partition coefficient (Wildman–Crippen LogP) is 3.46. The Labute approximate surface area is 156 Å². The van der Waals surface area contributed by atoms with Crippen molar-refractivity contribution in [1.29, 1.82) is 0 Å². The number of aryl methyl sites for hydroxylation is 1. The molecule has 132 valence electrons. The smallest absolute Gasteiger partial charge is 0.269 e. The van der Waals surface area contributed by atoms with E-state index in [0.717, 1.165) is 25.1 Å². The van der Waals surface area contributed by atoms with E-state index in [9.17, 15) is 14.9 Å². The number of nitro benzene ring substituents is 1. The topological polar surface area (TPSA) is 75.5 Å². The van der Waals surface area contributed by atoms with Crippen molar-refractivity contribution in [2.24, 2.45) is 0 Å². The van der Waals surface area contributed by atoms with E-state index in [1.807, 2.05) is 23.1 Å². The zero-order valence-corrected chi connectivity index (χ0v) is 14.7. The van der Waals surface area contributed by atoms with Gasteiger partial charge >= 0.3 is 0 Å². The average Bonchev–Trinajstić information content (AvgIpc) is 2.66. The number of thiocarbonyl (C=S) groups is 1. The third-order valence-electron chi connectivity index (χ3n) is 4.12. The highest BCUT2D eigenvalue weighted by molar-refractivity contribution is 7.80. The van der Waals surface area contributed by atoms with E-state index >= 15 is 0 Å². The Morgan fingerprint density at radius 1 is 1.19 bits per heavy atom. The first-order chi connectivity index (χ1) is 12.5. The highest BCUT2D eigenvalue weighted by Gasteiger charge is 2.20. The number of rotatable bonds is 3. The van der Waals surface area contributed by atoms with E-state index < -0.39 is 4.92 Å². The first kappa shape index (κ1) is 17.8. The second-order valence-corrected chi connectivity index (χ2v) is 6.25. The lowest BCUT2D eigenvalue weighted by Gasteiger charge is -2.31. The Bertz CT molecular complexity index is 878. The van der Waals surface area contributed by atoms with E-state index in [0.29, 0.717) is 10.7 Å². The molecule has 2 aromatic rings. The number of amides is 1. The van der Waals surface area contributed by atoms with Crippen molar-refractivity contribution in [3.8, 4) is 0 Å². The van der Waals surface area contributed by atoms with Crippen LogP contribution in [0.5, 0.6) is 0 Å². The number of nitrogens with one attached hydrogen (secondary N) is 1. The molecule has 0 radical (unpaired) electrons. The lowest BCUT2D eigenvalue weighted by atomic mass is 10.0. The number of fused-ring (bicyclic) bond motifs is 1. The van der Waals surface area contributed by atoms with Gasteiger partial charge in [0.25, 0.3) is 5.69 Å². The predicted molar refractivity (Wildman–Crippen MR) is 105 cm³/mol. The molecule has 0 saturated carbocycles. The molecule has 1 aliphatic heterocycles. The molecule has 1 heterocycles. The van der Waals surface area contributed by atoms with Gasteiger partial charge in [0, 0.05) is 30.4 Å². The fourth-order valence-corrected chi connectivity index (χ4v) is 3.13. The zero-order valence-electron chi connectivity index (χ0n) is 13.9. The summed E-state index contributed by atoms with van der Waals surface area (Å²) in [6, 6.07) is 14.0. The van der Waals surface area contributed by atoms with Crippen LogP contribution in [0, 0.1) is 10.1 Å². The number of carbonyl (C=O) groups excluding carboxylic acids is 1. The van der Waals surface area contributed by atoms with E-state index in [2.05, 4.69) is 11.4 Å². The maximum Gasteiger partial charge on any atom is 0.269 e. The number of para-hydroxylation sites is 1. The van der Waals surface area contributed by atoms with Crippen molar-refractivity contribution >= 4 is 40.7 Å². The SMILES string of the molecule is O=C(/C=C/c1ccc([N+](=O)[O-])cc1)NC(=S)N1CCCc2ccccc21. The fourth-order valence-electron chi connectivity index (χ4n) is 2.84. The molecule has 1 N–H and O–H groups in total. The monoisotopic (exact) mass is 367 g/mol. The first-order valence-corrected chi connectivity index (χ1v) is 8.58. The van der Waals surface area contributed by atoms with Crippen LogP contribution in [0.2, 0.25) is 0 Å². The summed E-state index contributed by atoms with van der Waals surface area (Å²) in [5.74, 6) is -0.337. The van der Waals surface area contributed by atoms with Crippen molar-refractivity contribution in [2.75, 3.05) is 11.4 Å². The van der Waals surface area contributed by atoms with Gasteiger partial charge in [0.2, 0.25) is 5.91 Å². The number of hydrogen-bond acceptors (Lipinski definition) is 4. The first-order valence-electron chi connectivity index (χ1n) is 8.17. The number of carbonyl (C=O) groups is 1. The molecule has 0 bridgehead atoms. The molecule has 0 aliphatic carbocycles. The summed E-state index contributed by atoms with van der Waals surface area (Å²) in [5, 5.41) is 13.7. The van der Waals surface area contributed by atoms with Gasteiger partial charge in [-0.05, 0) is 60.5 Å². The Balaban J connectivity index is 1.63. The van der Waals surface area contributed by atoms with Gasteiger partial charge in [0.05, 0.1) is 4.92 Å². The van der Waals surface area contributed by atoms with Crippen LogP contribution in [0.25, 0.3) is 6.08 Å². The summed E-state index contributed by atoms with van der Waals surface area (Å²) in [6.45, 7) is 0.766. The molecular weight excluding hydrogens is 350 g/mol. The van der Waals surface area contributed by atoms with Crippen LogP contribution in [0.3, 0.4) is 0 Å². The third kappa shape index (κ3) is 4.12. The molecule has 0 fully saturated rings. The normalized spacial score (nSPS) is 13.3. The minimum absolute atomic E-state index is 0.0107. The molecule has 0 unspecified atom stereocenters. The maximum absolute atomic E-state index is 12.1. The highest BCUT2D eigenvalue weighted by Crippen LogP contribution is 2.26. The van der Waals surface area contributed by atoms with Crippen LogP contribution in [0.15, 0.2) is 54.6 Å². The average molecular weight is 367 g/mol.